The van der Waals surface area contributed by atoms with Gasteiger partial charge in [0.15, 0.2) is 0 Å². The first-order valence-corrected chi connectivity index (χ1v) is 7.36. The van der Waals surface area contributed by atoms with Crippen molar-refractivity contribution in [1.82, 2.24) is 16.0 Å². The fourth-order valence-electron chi connectivity index (χ4n) is 2.38. The topological polar surface area (TPSA) is 56.4 Å². The van der Waals surface area contributed by atoms with Gasteiger partial charge in [0, 0.05) is 52.7 Å². The average molecular weight is 294 g/mol. The first kappa shape index (κ1) is 15.7. The standard InChI is InChI=1S/C15H23FN4O/c1-12(21)19-5-4-18-11-13-2-3-14(16)15(10-13)20-8-6-17-7-9-20/h2-3,10,17-18H,4-9,11H2,1H3,(H,19,21). The maximum Gasteiger partial charge on any atom is 0.216 e. The number of anilines is 1. The lowest BCUT2D eigenvalue weighted by Gasteiger charge is -2.30. The number of carbonyl (C=O) groups is 1. The molecule has 1 amide bonds. The van der Waals surface area contributed by atoms with Crippen molar-refractivity contribution in [3.8, 4) is 0 Å². The first-order chi connectivity index (χ1) is 10.2. The second kappa shape index (κ2) is 7.95. The molecule has 1 saturated heterocycles. The predicted molar refractivity (Wildman–Crippen MR) is 81.9 cm³/mol. The Morgan fingerprint density at radius 3 is 2.81 bits per heavy atom. The fraction of sp³-hybridized carbons (Fsp3) is 0.533. The van der Waals surface area contributed by atoms with E-state index in [1.165, 1.54) is 13.0 Å². The van der Waals surface area contributed by atoms with Gasteiger partial charge < -0.3 is 20.9 Å². The van der Waals surface area contributed by atoms with Crippen molar-refractivity contribution < 1.29 is 9.18 Å². The van der Waals surface area contributed by atoms with E-state index in [0.29, 0.717) is 25.3 Å². The van der Waals surface area contributed by atoms with Gasteiger partial charge in [0.2, 0.25) is 5.91 Å². The van der Waals surface area contributed by atoms with Crippen molar-refractivity contribution in [3.05, 3.63) is 29.6 Å². The lowest BCUT2D eigenvalue weighted by atomic mass is 10.1. The minimum absolute atomic E-state index is 0.0282. The first-order valence-electron chi connectivity index (χ1n) is 7.36. The number of hydrogen-bond donors (Lipinski definition) is 3. The van der Waals surface area contributed by atoms with Gasteiger partial charge in [-0.05, 0) is 17.7 Å². The molecule has 0 radical (unpaired) electrons. The molecular weight excluding hydrogens is 271 g/mol. The minimum atomic E-state index is -0.168. The smallest absolute Gasteiger partial charge is 0.216 e. The Bertz CT molecular complexity index is 475. The lowest BCUT2D eigenvalue weighted by Crippen LogP contribution is -2.43. The number of rotatable bonds is 6. The van der Waals surface area contributed by atoms with Gasteiger partial charge in [-0.3, -0.25) is 4.79 Å². The van der Waals surface area contributed by atoms with Gasteiger partial charge >= 0.3 is 0 Å². The monoisotopic (exact) mass is 294 g/mol. The van der Waals surface area contributed by atoms with Crippen molar-refractivity contribution in [2.75, 3.05) is 44.2 Å². The van der Waals surface area contributed by atoms with Gasteiger partial charge in [0.25, 0.3) is 0 Å². The van der Waals surface area contributed by atoms with E-state index in [4.69, 9.17) is 0 Å². The highest BCUT2D eigenvalue weighted by atomic mass is 19.1. The van der Waals surface area contributed by atoms with E-state index in [2.05, 4.69) is 20.9 Å². The summed E-state index contributed by atoms with van der Waals surface area (Å²) in [6.45, 7) is 6.89. The fourth-order valence-corrected chi connectivity index (χ4v) is 2.38. The Morgan fingerprint density at radius 2 is 2.10 bits per heavy atom. The van der Waals surface area contributed by atoms with E-state index in [0.717, 1.165) is 31.7 Å². The third-order valence-corrected chi connectivity index (χ3v) is 3.47. The molecular formula is C15H23FN4O. The van der Waals surface area contributed by atoms with Crippen LogP contribution in [0.4, 0.5) is 10.1 Å². The van der Waals surface area contributed by atoms with Gasteiger partial charge in [0.05, 0.1) is 5.69 Å². The number of halogens is 1. The van der Waals surface area contributed by atoms with Gasteiger partial charge in [-0.2, -0.15) is 0 Å². The summed E-state index contributed by atoms with van der Waals surface area (Å²) in [5.41, 5.74) is 1.73. The molecule has 0 spiro atoms. The number of carbonyl (C=O) groups excluding carboxylic acids is 1. The molecule has 21 heavy (non-hydrogen) atoms. The normalized spacial score (nSPS) is 15.0. The molecule has 0 aromatic heterocycles. The molecule has 2 rings (SSSR count). The summed E-state index contributed by atoms with van der Waals surface area (Å²) < 4.78 is 14.0. The van der Waals surface area contributed by atoms with Crippen LogP contribution in [0.25, 0.3) is 0 Å². The van der Waals surface area contributed by atoms with Crippen LogP contribution in [-0.2, 0) is 11.3 Å². The second-order valence-electron chi connectivity index (χ2n) is 5.18. The molecule has 0 bridgehead atoms. The molecule has 1 heterocycles. The highest BCUT2D eigenvalue weighted by Gasteiger charge is 2.14. The number of nitrogens with zero attached hydrogens (tertiary/aromatic N) is 1. The summed E-state index contributed by atoms with van der Waals surface area (Å²) in [6.07, 6.45) is 0. The molecule has 116 valence electrons. The van der Waals surface area contributed by atoms with E-state index in [1.807, 2.05) is 6.07 Å². The van der Waals surface area contributed by atoms with E-state index in [9.17, 15) is 9.18 Å². The zero-order valence-corrected chi connectivity index (χ0v) is 12.4. The van der Waals surface area contributed by atoms with Crippen LogP contribution in [0.3, 0.4) is 0 Å². The molecule has 0 saturated carbocycles. The maximum absolute atomic E-state index is 14.0. The maximum atomic E-state index is 14.0. The highest BCUT2D eigenvalue weighted by molar-refractivity contribution is 5.72. The third-order valence-electron chi connectivity index (χ3n) is 3.47. The molecule has 1 aliphatic rings. The van der Waals surface area contributed by atoms with Crippen molar-refractivity contribution in [2.24, 2.45) is 0 Å². The molecule has 3 N–H and O–H groups in total. The average Bonchev–Trinajstić information content (AvgIpc) is 2.49. The van der Waals surface area contributed by atoms with Crippen LogP contribution in [0.1, 0.15) is 12.5 Å². The van der Waals surface area contributed by atoms with Crippen molar-refractivity contribution >= 4 is 11.6 Å². The Morgan fingerprint density at radius 1 is 1.33 bits per heavy atom. The predicted octanol–water partition coefficient (Wildman–Crippen LogP) is 0.461. The molecule has 1 fully saturated rings. The van der Waals surface area contributed by atoms with Crippen LogP contribution in [0.5, 0.6) is 0 Å². The molecule has 1 aliphatic heterocycles. The van der Waals surface area contributed by atoms with Gasteiger partial charge in [-0.25, -0.2) is 4.39 Å². The SMILES string of the molecule is CC(=O)NCCNCc1ccc(F)c(N2CCNCC2)c1. The Kier molecular flexibility index (Phi) is 5.95. The zero-order chi connectivity index (χ0) is 15.1. The molecule has 0 atom stereocenters. The quantitative estimate of drug-likeness (QED) is 0.667. The van der Waals surface area contributed by atoms with Crippen LogP contribution >= 0.6 is 0 Å². The van der Waals surface area contributed by atoms with Crippen molar-refractivity contribution in [1.29, 1.82) is 0 Å². The Hall–Kier alpha value is -1.66. The van der Waals surface area contributed by atoms with Gasteiger partial charge in [-0.15, -0.1) is 0 Å². The summed E-state index contributed by atoms with van der Waals surface area (Å²) in [7, 11) is 0. The summed E-state index contributed by atoms with van der Waals surface area (Å²) in [5.74, 6) is -0.196. The third kappa shape index (κ3) is 4.99. The van der Waals surface area contributed by atoms with Crippen molar-refractivity contribution in [2.45, 2.75) is 13.5 Å². The number of amides is 1. The van der Waals surface area contributed by atoms with E-state index in [1.54, 1.807) is 6.07 Å². The van der Waals surface area contributed by atoms with Crippen LogP contribution in [0.2, 0.25) is 0 Å². The Labute approximate surface area is 124 Å². The lowest BCUT2D eigenvalue weighted by molar-refractivity contribution is -0.118. The summed E-state index contributed by atoms with van der Waals surface area (Å²) in [6, 6.07) is 5.24. The molecule has 5 nitrogen and oxygen atoms in total. The van der Waals surface area contributed by atoms with Gasteiger partial charge in [0.1, 0.15) is 5.82 Å². The number of nitrogens with one attached hydrogen (secondary N) is 3. The number of hydrogen-bond acceptors (Lipinski definition) is 4. The van der Waals surface area contributed by atoms with Crippen LogP contribution in [-0.4, -0.2) is 45.2 Å². The largest absolute Gasteiger partial charge is 0.367 e. The molecule has 0 unspecified atom stereocenters. The second-order valence-corrected chi connectivity index (χ2v) is 5.18. The molecule has 0 aliphatic carbocycles. The number of benzene rings is 1. The van der Waals surface area contributed by atoms with Crippen LogP contribution in [0, 0.1) is 5.82 Å². The molecule has 1 aromatic carbocycles. The van der Waals surface area contributed by atoms with Crippen molar-refractivity contribution in [3.63, 3.8) is 0 Å². The highest BCUT2D eigenvalue weighted by Crippen LogP contribution is 2.21. The van der Waals surface area contributed by atoms with E-state index >= 15 is 0 Å². The van der Waals surface area contributed by atoms with E-state index in [-0.39, 0.29) is 11.7 Å². The minimum Gasteiger partial charge on any atom is -0.367 e. The van der Waals surface area contributed by atoms with Crippen LogP contribution < -0.4 is 20.9 Å². The molecule has 1 aromatic rings. The summed E-state index contributed by atoms with van der Waals surface area (Å²) >= 11 is 0. The zero-order valence-electron chi connectivity index (χ0n) is 12.4. The van der Waals surface area contributed by atoms with Gasteiger partial charge in [-0.1, -0.05) is 6.07 Å². The molecule has 6 heteroatoms. The summed E-state index contributed by atoms with van der Waals surface area (Å²) in [5, 5.41) is 9.23. The Balaban J connectivity index is 1.87. The summed E-state index contributed by atoms with van der Waals surface area (Å²) in [4.78, 5) is 12.8. The van der Waals surface area contributed by atoms with Crippen LogP contribution in [0.15, 0.2) is 18.2 Å². The number of piperazine rings is 1. The van der Waals surface area contributed by atoms with E-state index < -0.39 is 0 Å².